The van der Waals surface area contributed by atoms with Crippen LogP contribution in [0.3, 0.4) is 0 Å². The predicted octanol–water partition coefficient (Wildman–Crippen LogP) is 5.95. The zero-order valence-corrected chi connectivity index (χ0v) is 20.0. The largest absolute Gasteiger partial charge is 3.00 e. The molecule has 1 aliphatic carbocycles. The molecule has 1 saturated carbocycles. The summed E-state index contributed by atoms with van der Waals surface area (Å²) in [6, 6.07) is 0. The van der Waals surface area contributed by atoms with Gasteiger partial charge in [0.15, 0.2) is 0 Å². The zero-order valence-electron chi connectivity index (χ0n) is 16.4. The van der Waals surface area contributed by atoms with E-state index in [0.29, 0.717) is 6.67 Å². The molecule has 130 valence electrons. The van der Waals surface area contributed by atoms with Crippen LogP contribution in [0.1, 0.15) is 73.6 Å². The van der Waals surface area contributed by atoms with Gasteiger partial charge in [-0.15, -0.1) is 11.1 Å². The molecule has 0 unspecified atom stereocenters. The van der Waals surface area contributed by atoms with Gasteiger partial charge in [-0.3, -0.25) is 6.67 Å². The van der Waals surface area contributed by atoms with Crippen molar-refractivity contribution in [3.8, 4) is 0 Å². The summed E-state index contributed by atoms with van der Waals surface area (Å²) < 4.78 is 5.00. The Labute approximate surface area is 168 Å². The summed E-state index contributed by atoms with van der Waals surface area (Å²) in [7, 11) is 1.79. The van der Waals surface area contributed by atoms with Crippen molar-refractivity contribution >= 4 is 0 Å². The molecule has 0 amide bonds. The summed E-state index contributed by atoms with van der Waals surface area (Å²) >= 11 is 0. The molecule has 1 rings (SSSR count). The molecule has 0 N–H and O–H groups in total. The molecule has 4 heteroatoms. The number of hydrogen-bond donors (Lipinski definition) is 0. The Morgan fingerprint density at radius 2 is 1.32 bits per heavy atom. The summed E-state index contributed by atoms with van der Waals surface area (Å²) in [5, 5.41) is 8.75. The third kappa shape index (κ3) is 21.1. The van der Waals surface area contributed by atoms with Crippen molar-refractivity contribution in [1.29, 1.82) is 0 Å². The maximum Gasteiger partial charge on any atom is 3.00 e. The second-order valence-corrected chi connectivity index (χ2v) is 7.73. The summed E-state index contributed by atoms with van der Waals surface area (Å²) in [5.74, 6) is 0.991. The Morgan fingerprint density at radius 1 is 0.909 bits per heavy atom. The standard InChI is InChI=1S/C9H20N2.C8H16O.CH3.La/c1-8(2,3)10-7-11-9(4,5)6;1-9-7-6-8-4-2-3-5-8;;/h7H2,1-6H3;8H,2-7H2,1H3;1H3;/q-2;;-1;+3. The van der Waals surface area contributed by atoms with Crippen molar-refractivity contribution in [1.82, 2.24) is 0 Å². The average Bonchev–Trinajstić information content (AvgIpc) is 2.76. The van der Waals surface area contributed by atoms with Gasteiger partial charge >= 0.3 is 35.6 Å². The molecule has 0 saturated heterocycles. The van der Waals surface area contributed by atoms with Crippen molar-refractivity contribution in [3.63, 3.8) is 0 Å². The minimum Gasteiger partial charge on any atom is -0.676 e. The molecular formula is C18H39LaN2O. The number of rotatable bonds is 5. The quantitative estimate of drug-likeness (QED) is 0.489. The summed E-state index contributed by atoms with van der Waals surface area (Å²) in [4.78, 5) is 0. The molecular weight excluding hydrogens is 399 g/mol. The van der Waals surface area contributed by atoms with Gasteiger partial charge < -0.3 is 22.8 Å². The fraction of sp³-hybridized carbons (Fsp3) is 0.944. The Kier molecular flexibility index (Phi) is 18.3. The molecule has 0 spiro atoms. The van der Waals surface area contributed by atoms with Crippen molar-refractivity contribution in [2.24, 2.45) is 5.92 Å². The number of methoxy groups -OCH3 is 1. The molecule has 22 heavy (non-hydrogen) atoms. The van der Waals surface area contributed by atoms with Crippen LogP contribution >= 0.6 is 0 Å². The Hall–Kier alpha value is 1.07. The van der Waals surface area contributed by atoms with Crippen molar-refractivity contribution in [2.45, 2.75) is 84.7 Å². The molecule has 1 aliphatic rings. The van der Waals surface area contributed by atoms with E-state index in [1.54, 1.807) is 7.11 Å². The Morgan fingerprint density at radius 3 is 1.64 bits per heavy atom. The zero-order chi connectivity index (χ0) is 15.6. The van der Waals surface area contributed by atoms with E-state index in [1.165, 1.54) is 32.1 Å². The second kappa shape index (κ2) is 14.4. The first kappa shape index (κ1) is 27.9. The van der Waals surface area contributed by atoms with Crippen LogP contribution in [-0.4, -0.2) is 31.5 Å². The molecule has 0 aliphatic heterocycles. The van der Waals surface area contributed by atoms with E-state index in [9.17, 15) is 0 Å². The van der Waals surface area contributed by atoms with Crippen molar-refractivity contribution in [3.05, 3.63) is 18.1 Å². The normalized spacial score (nSPS) is 15.4. The maximum atomic E-state index is 5.00. The van der Waals surface area contributed by atoms with Gasteiger partial charge in [-0.25, -0.2) is 0 Å². The molecule has 0 aromatic rings. The van der Waals surface area contributed by atoms with Gasteiger partial charge in [-0.1, -0.05) is 67.2 Å². The molecule has 3 nitrogen and oxygen atoms in total. The first-order chi connectivity index (χ1) is 9.14. The first-order valence-electron chi connectivity index (χ1n) is 8.00. The topological polar surface area (TPSA) is 37.4 Å². The van der Waals surface area contributed by atoms with Crippen LogP contribution in [-0.2, 0) is 4.74 Å². The van der Waals surface area contributed by atoms with Crippen LogP contribution in [0.5, 0.6) is 0 Å². The van der Waals surface area contributed by atoms with Crippen LogP contribution in [0.25, 0.3) is 10.6 Å². The number of hydrogen-bond acceptors (Lipinski definition) is 1. The summed E-state index contributed by atoms with van der Waals surface area (Å²) in [5.41, 5.74) is 0.101. The second-order valence-electron chi connectivity index (χ2n) is 7.73. The number of nitrogens with zero attached hydrogens (tertiary/aromatic N) is 2. The number of ether oxygens (including phenoxy) is 1. The van der Waals surface area contributed by atoms with E-state index in [2.05, 4.69) is 52.2 Å². The molecule has 0 heterocycles. The molecule has 0 atom stereocenters. The van der Waals surface area contributed by atoms with E-state index in [-0.39, 0.29) is 54.1 Å². The summed E-state index contributed by atoms with van der Waals surface area (Å²) in [6.07, 6.45) is 7.09. The minimum atomic E-state index is 0. The SMILES string of the molecule is CC(C)(C)[N-]C[N-]C(C)(C)C.COCCC1CCCC1.[CH3-].[La+3]. The van der Waals surface area contributed by atoms with E-state index in [4.69, 9.17) is 4.74 Å². The van der Waals surface area contributed by atoms with Crippen molar-refractivity contribution < 1.29 is 40.3 Å². The van der Waals surface area contributed by atoms with Crippen LogP contribution in [0, 0.1) is 48.9 Å². The van der Waals surface area contributed by atoms with Gasteiger partial charge in [0.2, 0.25) is 0 Å². The van der Waals surface area contributed by atoms with Gasteiger partial charge in [-0.2, -0.15) is 0 Å². The molecule has 0 radical (unpaired) electrons. The van der Waals surface area contributed by atoms with Gasteiger partial charge in [0.1, 0.15) is 0 Å². The van der Waals surface area contributed by atoms with Gasteiger partial charge in [0.05, 0.1) is 0 Å². The molecule has 1 fully saturated rings. The smallest absolute Gasteiger partial charge is 0.676 e. The fourth-order valence-corrected chi connectivity index (χ4v) is 2.04. The fourth-order valence-electron chi connectivity index (χ4n) is 2.04. The Balaban J connectivity index is -0.000000304. The molecule has 0 aromatic carbocycles. The maximum absolute atomic E-state index is 5.00. The van der Waals surface area contributed by atoms with Crippen LogP contribution < -0.4 is 0 Å². The van der Waals surface area contributed by atoms with Crippen LogP contribution in [0.4, 0.5) is 0 Å². The third-order valence-corrected chi connectivity index (χ3v) is 3.30. The minimum absolute atomic E-state index is 0. The van der Waals surface area contributed by atoms with Crippen LogP contribution in [0.15, 0.2) is 0 Å². The monoisotopic (exact) mass is 438 g/mol. The molecule has 0 aromatic heterocycles. The van der Waals surface area contributed by atoms with Gasteiger partial charge in [0.25, 0.3) is 0 Å². The van der Waals surface area contributed by atoms with Crippen LogP contribution in [0.2, 0.25) is 0 Å². The Bertz CT molecular complexity index is 214. The average molecular weight is 438 g/mol. The van der Waals surface area contributed by atoms with E-state index in [1.807, 2.05) is 0 Å². The third-order valence-electron chi connectivity index (χ3n) is 3.30. The van der Waals surface area contributed by atoms with Gasteiger partial charge in [0, 0.05) is 13.7 Å². The predicted molar refractivity (Wildman–Crippen MR) is 96.0 cm³/mol. The first-order valence-corrected chi connectivity index (χ1v) is 8.00. The molecule has 0 bridgehead atoms. The van der Waals surface area contributed by atoms with Gasteiger partial charge in [-0.05, 0) is 12.3 Å². The summed E-state index contributed by atoms with van der Waals surface area (Å²) in [6.45, 7) is 14.1. The van der Waals surface area contributed by atoms with E-state index < -0.39 is 0 Å². The van der Waals surface area contributed by atoms with E-state index in [0.717, 1.165) is 12.5 Å². The van der Waals surface area contributed by atoms with Crippen molar-refractivity contribution in [2.75, 3.05) is 20.4 Å². The van der Waals surface area contributed by atoms with E-state index >= 15 is 0 Å².